The van der Waals surface area contributed by atoms with Crippen molar-refractivity contribution in [2.45, 2.75) is 13.5 Å². The summed E-state index contributed by atoms with van der Waals surface area (Å²) in [6, 6.07) is 12.4. The van der Waals surface area contributed by atoms with Crippen molar-refractivity contribution in [3.05, 3.63) is 75.9 Å². The van der Waals surface area contributed by atoms with Crippen LogP contribution < -0.4 is 10.6 Å². The van der Waals surface area contributed by atoms with E-state index >= 15 is 0 Å². The molecule has 1 aromatic carbocycles. The molecule has 0 aliphatic rings. The van der Waals surface area contributed by atoms with Gasteiger partial charge in [-0.1, -0.05) is 12.1 Å². The lowest BCUT2D eigenvalue weighted by Crippen LogP contribution is -2.22. The zero-order valence-electron chi connectivity index (χ0n) is 13.0. The number of furan rings is 1. The summed E-state index contributed by atoms with van der Waals surface area (Å²) >= 11 is 1.59. The Kier molecular flexibility index (Phi) is 4.77. The fourth-order valence-electron chi connectivity index (χ4n) is 2.17. The van der Waals surface area contributed by atoms with Gasteiger partial charge < -0.3 is 15.1 Å². The van der Waals surface area contributed by atoms with Crippen LogP contribution in [0.25, 0.3) is 0 Å². The molecule has 24 heavy (non-hydrogen) atoms. The molecule has 0 atom stereocenters. The summed E-state index contributed by atoms with van der Waals surface area (Å²) in [5.41, 5.74) is 1.94. The van der Waals surface area contributed by atoms with Gasteiger partial charge >= 0.3 is 0 Å². The number of rotatable bonds is 5. The molecule has 0 aliphatic heterocycles. The first kappa shape index (κ1) is 16.0. The molecule has 6 heteroatoms. The number of hydrogen-bond acceptors (Lipinski definition) is 4. The Hall–Kier alpha value is -2.86. The largest absolute Gasteiger partial charge is 0.459 e. The zero-order chi connectivity index (χ0) is 16.9. The van der Waals surface area contributed by atoms with Crippen LogP contribution in [0.2, 0.25) is 0 Å². The summed E-state index contributed by atoms with van der Waals surface area (Å²) in [6.07, 6.45) is 1.44. The lowest BCUT2D eigenvalue weighted by atomic mass is 10.1. The van der Waals surface area contributed by atoms with Gasteiger partial charge in [0, 0.05) is 16.1 Å². The van der Waals surface area contributed by atoms with Gasteiger partial charge in [-0.3, -0.25) is 9.59 Å². The van der Waals surface area contributed by atoms with E-state index in [9.17, 15) is 9.59 Å². The minimum Gasteiger partial charge on any atom is -0.459 e. The van der Waals surface area contributed by atoms with E-state index in [2.05, 4.69) is 10.6 Å². The predicted molar refractivity (Wildman–Crippen MR) is 93.3 cm³/mol. The van der Waals surface area contributed by atoms with E-state index in [1.165, 1.54) is 6.26 Å². The number of anilines is 1. The van der Waals surface area contributed by atoms with E-state index < -0.39 is 0 Å². The number of thiophene rings is 1. The van der Waals surface area contributed by atoms with Crippen molar-refractivity contribution < 1.29 is 14.0 Å². The molecular formula is C18H16N2O3S. The van der Waals surface area contributed by atoms with Crippen molar-refractivity contribution in [1.82, 2.24) is 5.32 Å². The maximum atomic E-state index is 12.3. The number of nitrogens with one attached hydrogen (secondary N) is 2. The molecular weight excluding hydrogens is 324 g/mol. The van der Waals surface area contributed by atoms with Gasteiger partial charge in [0.15, 0.2) is 5.76 Å². The maximum Gasteiger partial charge on any atom is 0.291 e. The number of carbonyl (C=O) groups is 2. The highest BCUT2D eigenvalue weighted by Crippen LogP contribution is 2.18. The molecule has 5 nitrogen and oxygen atoms in total. The van der Waals surface area contributed by atoms with Crippen LogP contribution >= 0.6 is 11.3 Å². The summed E-state index contributed by atoms with van der Waals surface area (Å²) in [4.78, 5) is 25.5. The number of aryl methyl sites for hydroxylation is 1. The molecule has 2 heterocycles. The second-order valence-corrected chi connectivity index (χ2v) is 6.26. The van der Waals surface area contributed by atoms with E-state index in [1.807, 2.05) is 24.4 Å². The van der Waals surface area contributed by atoms with E-state index in [0.29, 0.717) is 17.8 Å². The minimum absolute atomic E-state index is 0.183. The molecule has 3 aromatic rings. The summed E-state index contributed by atoms with van der Waals surface area (Å²) in [7, 11) is 0. The van der Waals surface area contributed by atoms with E-state index in [-0.39, 0.29) is 17.6 Å². The maximum absolute atomic E-state index is 12.3. The summed E-state index contributed by atoms with van der Waals surface area (Å²) < 4.78 is 5.07. The van der Waals surface area contributed by atoms with Crippen LogP contribution in [0.15, 0.2) is 58.5 Å². The van der Waals surface area contributed by atoms with Gasteiger partial charge in [0.05, 0.1) is 12.8 Å². The molecule has 3 rings (SSSR count). The van der Waals surface area contributed by atoms with Gasteiger partial charge in [-0.2, -0.15) is 0 Å². The molecule has 0 saturated heterocycles. The first-order valence-corrected chi connectivity index (χ1v) is 8.27. The van der Waals surface area contributed by atoms with Gasteiger partial charge in [0.1, 0.15) is 0 Å². The van der Waals surface area contributed by atoms with Crippen molar-refractivity contribution in [2.24, 2.45) is 0 Å². The first-order valence-electron chi connectivity index (χ1n) is 7.39. The van der Waals surface area contributed by atoms with E-state index in [0.717, 1.165) is 10.4 Å². The second kappa shape index (κ2) is 7.14. The Morgan fingerprint density at radius 3 is 2.71 bits per heavy atom. The lowest BCUT2D eigenvalue weighted by molar-refractivity contribution is 0.0949. The molecule has 122 valence electrons. The van der Waals surface area contributed by atoms with Crippen molar-refractivity contribution in [1.29, 1.82) is 0 Å². The Labute approximate surface area is 143 Å². The highest BCUT2D eigenvalue weighted by Gasteiger charge is 2.13. The zero-order valence-corrected chi connectivity index (χ0v) is 13.9. The Balaban J connectivity index is 1.71. The molecule has 2 N–H and O–H groups in total. The summed E-state index contributed by atoms with van der Waals surface area (Å²) in [5, 5.41) is 7.60. The van der Waals surface area contributed by atoms with Gasteiger partial charge in [0.2, 0.25) is 0 Å². The van der Waals surface area contributed by atoms with Crippen molar-refractivity contribution in [3.8, 4) is 0 Å². The summed E-state index contributed by atoms with van der Waals surface area (Å²) in [5.74, 6) is -0.307. The van der Waals surface area contributed by atoms with Gasteiger partial charge in [-0.25, -0.2) is 0 Å². The van der Waals surface area contributed by atoms with Crippen LogP contribution in [-0.2, 0) is 6.54 Å². The van der Waals surface area contributed by atoms with E-state index in [4.69, 9.17) is 4.42 Å². The first-order chi connectivity index (χ1) is 11.6. The minimum atomic E-state index is -0.348. The standard InChI is InChI=1S/C18H16N2O3S/c1-12-6-7-13(17(21)19-11-14-4-3-9-24-14)10-15(12)20-18(22)16-5-2-8-23-16/h2-10H,11H2,1H3,(H,19,21)(H,20,22). The molecule has 2 aromatic heterocycles. The molecule has 0 unspecified atom stereocenters. The molecule has 0 saturated carbocycles. The van der Waals surface area contributed by atoms with Crippen molar-refractivity contribution in [3.63, 3.8) is 0 Å². The lowest BCUT2D eigenvalue weighted by Gasteiger charge is -2.10. The number of hydrogen-bond donors (Lipinski definition) is 2. The van der Waals surface area contributed by atoms with Crippen LogP contribution in [-0.4, -0.2) is 11.8 Å². The number of benzene rings is 1. The quantitative estimate of drug-likeness (QED) is 0.741. The average molecular weight is 340 g/mol. The Morgan fingerprint density at radius 2 is 2.00 bits per heavy atom. The predicted octanol–water partition coefficient (Wildman–Crippen LogP) is 3.83. The SMILES string of the molecule is Cc1ccc(C(=O)NCc2cccs2)cc1NC(=O)c1ccco1. The smallest absolute Gasteiger partial charge is 0.291 e. The van der Waals surface area contributed by atoms with Crippen LogP contribution in [0.1, 0.15) is 31.4 Å². The number of carbonyl (C=O) groups excluding carboxylic acids is 2. The third-order valence-electron chi connectivity index (χ3n) is 3.50. The molecule has 0 spiro atoms. The fourth-order valence-corrected chi connectivity index (χ4v) is 2.82. The monoisotopic (exact) mass is 340 g/mol. The van der Waals surface area contributed by atoms with Crippen LogP contribution in [0.4, 0.5) is 5.69 Å². The normalized spacial score (nSPS) is 10.4. The number of amides is 2. The topological polar surface area (TPSA) is 71.3 Å². The van der Waals surface area contributed by atoms with Gasteiger partial charge in [-0.05, 0) is 48.2 Å². The molecule has 0 fully saturated rings. The third-order valence-corrected chi connectivity index (χ3v) is 4.37. The highest BCUT2D eigenvalue weighted by atomic mass is 32.1. The Bertz CT molecular complexity index is 839. The van der Waals surface area contributed by atoms with Gasteiger partial charge in [-0.15, -0.1) is 11.3 Å². The average Bonchev–Trinajstić information content (AvgIpc) is 3.28. The fraction of sp³-hybridized carbons (Fsp3) is 0.111. The third kappa shape index (κ3) is 3.72. The van der Waals surface area contributed by atoms with Gasteiger partial charge in [0.25, 0.3) is 11.8 Å². The molecule has 0 radical (unpaired) electrons. The summed E-state index contributed by atoms with van der Waals surface area (Å²) in [6.45, 7) is 2.35. The van der Waals surface area contributed by atoms with Crippen molar-refractivity contribution >= 4 is 28.8 Å². The van der Waals surface area contributed by atoms with Crippen LogP contribution in [0.5, 0.6) is 0 Å². The highest BCUT2D eigenvalue weighted by molar-refractivity contribution is 7.09. The van der Waals surface area contributed by atoms with Crippen LogP contribution in [0, 0.1) is 6.92 Å². The van der Waals surface area contributed by atoms with Crippen LogP contribution in [0.3, 0.4) is 0 Å². The van der Waals surface area contributed by atoms with E-state index in [1.54, 1.807) is 41.7 Å². The Morgan fingerprint density at radius 1 is 1.12 bits per heavy atom. The molecule has 2 amide bonds. The van der Waals surface area contributed by atoms with Crippen molar-refractivity contribution in [2.75, 3.05) is 5.32 Å². The second-order valence-electron chi connectivity index (χ2n) is 5.22. The molecule has 0 aliphatic carbocycles. The molecule has 0 bridgehead atoms.